The molecule has 0 unspecified atom stereocenters. The van der Waals surface area contributed by atoms with E-state index in [4.69, 9.17) is 5.11 Å². The highest BCUT2D eigenvalue weighted by Gasteiger charge is 2.40. The van der Waals surface area contributed by atoms with Gasteiger partial charge in [-0.15, -0.1) is 0 Å². The average molecular weight is 287 g/mol. The molecule has 1 aliphatic heterocycles. The minimum absolute atomic E-state index is 0.0212. The molecular weight excluding hydrogens is 273 g/mol. The topological polar surface area (TPSA) is 74.7 Å². The van der Waals surface area contributed by atoms with Crippen LogP contribution in [-0.2, 0) is 14.8 Å². The molecule has 1 saturated heterocycles. The lowest BCUT2D eigenvalue weighted by Crippen LogP contribution is -2.30. The molecule has 0 radical (unpaired) electrons. The molecule has 1 heterocycles. The number of hydrogen-bond acceptors (Lipinski definition) is 3. The van der Waals surface area contributed by atoms with E-state index in [-0.39, 0.29) is 23.9 Å². The summed E-state index contributed by atoms with van der Waals surface area (Å²) in [5, 5.41) is 9.00. The second-order valence-electron chi connectivity index (χ2n) is 4.70. The Morgan fingerprint density at radius 1 is 1.32 bits per heavy atom. The Hall–Kier alpha value is -1.47. The molecule has 0 bridgehead atoms. The lowest BCUT2D eigenvalue weighted by atomic mass is 9.99. The Bertz CT molecular complexity index is 584. The highest BCUT2D eigenvalue weighted by molar-refractivity contribution is 7.89. The van der Waals surface area contributed by atoms with Gasteiger partial charge in [0.05, 0.1) is 10.8 Å². The normalized spacial score (nSPS) is 24.5. The molecule has 1 fully saturated rings. The van der Waals surface area contributed by atoms with Crippen LogP contribution in [-0.4, -0.2) is 36.9 Å². The first-order valence-electron chi connectivity index (χ1n) is 5.81. The van der Waals surface area contributed by atoms with E-state index in [1.807, 2.05) is 0 Å². The molecule has 1 aromatic carbocycles. The molecule has 0 aliphatic carbocycles. The van der Waals surface area contributed by atoms with Crippen LogP contribution in [0.4, 0.5) is 4.39 Å². The van der Waals surface area contributed by atoms with Crippen molar-refractivity contribution >= 4 is 16.0 Å². The van der Waals surface area contributed by atoms with Gasteiger partial charge in [0.2, 0.25) is 10.0 Å². The summed E-state index contributed by atoms with van der Waals surface area (Å²) in [6.45, 7) is 1.83. The SMILES string of the molecule is C[C@@H]1CN(S(=O)(=O)c2ccc(F)cc2)C[C@H]1C(=O)O. The lowest BCUT2D eigenvalue weighted by Gasteiger charge is -2.15. The van der Waals surface area contributed by atoms with Crippen LogP contribution >= 0.6 is 0 Å². The van der Waals surface area contributed by atoms with E-state index in [0.29, 0.717) is 0 Å². The van der Waals surface area contributed by atoms with Gasteiger partial charge >= 0.3 is 5.97 Å². The van der Waals surface area contributed by atoms with E-state index in [1.54, 1.807) is 6.92 Å². The number of carboxylic acids is 1. The third-order valence-corrected chi connectivity index (χ3v) is 5.19. The zero-order valence-corrected chi connectivity index (χ0v) is 11.1. The molecule has 0 aromatic heterocycles. The molecule has 104 valence electrons. The van der Waals surface area contributed by atoms with Crippen LogP contribution in [0.2, 0.25) is 0 Å². The number of carboxylic acid groups (broad SMARTS) is 1. The van der Waals surface area contributed by atoms with Crippen LogP contribution < -0.4 is 0 Å². The van der Waals surface area contributed by atoms with Gasteiger partial charge in [-0.25, -0.2) is 12.8 Å². The molecular formula is C12H14FNO4S. The first-order chi connectivity index (χ1) is 8.82. The fourth-order valence-corrected chi connectivity index (χ4v) is 3.76. The predicted molar refractivity (Wildman–Crippen MR) is 65.4 cm³/mol. The third kappa shape index (κ3) is 2.62. The first kappa shape index (κ1) is 14.0. The molecule has 5 nitrogen and oxygen atoms in total. The van der Waals surface area contributed by atoms with E-state index in [0.717, 1.165) is 16.4 Å². The fourth-order valence-electron chi connectivity index (χ4n) is 2.20. The summed E-state index contributed by atoms with van der Waals surface area (Å²) >= 11 is 0. The van der Waals surface area contributed by atoms with Crippen molar-refractivity contribution in [3.8, 4) is 0 Å². The van der Waals surface area contributed by atoms with Gasteiger partial charge in [0, 0.05) is 13.1 Å². The minimum Gasteiger partial charge on any atom is -0.481 e. The van der Waals surface area contributed by atoms with E-state index >= 15 is 0 Å². The molecule has 2 atom stereocenters. The minimum atomic E-state index is -3.75. The number of aliphatic carboxylic acids is 1. The Morgan fingerprint density at radius 3 is 2.37 bits per heavy atom. The highest BCUT2D eigenvalue weighted by atomic mass is 32.2. The molecule has 1 aliphatic rings. The van der Waals surface area contributed by atoms with Crippen molar-refractivity contribution in [1.29, 1.82) is 0 Å². The molecule has 19 heavy (non-hydrogen) atoms. The monoisotopic (exact) mass is 287 g/mol. The van der Waals surface area contributed by atoms with Crippen molar-refractivity contribution in [2.45, 2.75) is 11.8 Å². The molecule has 1 aromatic rings. The van der Waals surface area contributed by atoms with Crippen molar-refractivity contribution in [3.05, 3.63) is 30.1 Å². The van der Waals surface area contributed by atoms with Crippen molar-refractivity contribution in [1.82, 2.24) is 4.31 Å². The van der Waals surface area contributed by atoms with Crippen LogP contribution in [0.5, 0.6) is 0 Å². The van der Waals surface area contributed by atoms with E-state index in [2.05, 4.69) is 0 Å². The molecule has 2 rings (SSSR count). The number of halogens is 1. The van der Waals surface area contributed by atoms with Crippen LogP contribution in [0.3, 0.4) is 0 Å². The maximum atomic E-state index is 12.8. The molecule has 0 spiro atoms. The van der Waals surface area contributed by atoms with Gasteiger partial charge < -0.3 is 5.11 Å². The smallest absolute Gasteiger partial charge is 0.308 e. The highest BCUT2D eigenvalue weighted by Crippen LogP contribution is 2.28. The van der Waals surface area contributed by atoms with Gasteiger partial charge in [0.1, 0.15) is 5.82 Å². The van der Waals surface area contributed by atoms with Crippen molar-refractivity contribution in [2.24, 2.45) is 11.8 Å². The molecule has 7 heteroatoms. The standard InChI is InChI=1S/C12H14FNO4S/c1-8-6-14(7-11(8)12(15)16)19(17,18)10-4-2-9(13)3-5-10/h2-5,8,11H,6-7H2,1H3,(H,15,16)/t8-,11-/m1/s1. The first-order valence-corrected chi connectivity index (χ1v) is 7.25. The summed E-state index contributed by atoms with van der Waals surface area (Å²) in [5.41, 5.74) is 0. The summed E-state index contributed by atoms with van der Waals surface area (Å²) in [4.78, 5) is 11.0. The second-order valence-corrected chi connectivity index (χ2v) is 6.64. The Kier molecular flexibility index (Phi) is 3.60. The lowest BCUT2D eigenvalue weighted by molar-refractivity contribution is -0.142. The van der Waals surface area contributed by atoms with E-state index in [1.165, 1.54) is 12.1 Å². The summed E-state index contributed by atoms with van der Waals surface area (Å²) in [6, 6.07) is 4.51. The van der Waals surface area contributed by atoms with Crippen LogP contribution in [0, 0.1) is 17.7 Å². The zero-order valence-electron chi connectivity index (χ0n) is 10.3. The van der Waals surface area contributed by atoms with Gasteiger partial charge in [0.15, 0.2) is 0 Å². The van der Waals surface area contributed by atoms with Crippen LogP contribution in [0.15, 0.2) is 29.2 Å². The summed E-state index contributed by atoms with van der Waals surface area (Å²) in [6.07, 6.45) is 0. The fraction of sp³-hybridized carbons (Fsp3) is 0.417. The summed E-state index contributed by atoms with van der Waals surface area (Å²) in [5.74, 6) is -2.45. The Morgan fingerprint density at radius 2 is 1.89 bits per heavy atom. The molecule has 0 saturated carbocycles. The number of carbonyl (C=O) groups is 1. The number of nitrogens with zero attached hydrogens (tertiary/aromatic N) is 1. The van der Waals surface area contributed by atoms with Crippen molar-refractivity contribution in [2.75, 3.05) is 13.1 Å². The van der Waals surface area contributed by atoms with E-state index in [9.17, 15) is 17.6 Å². The molecule has 1 N–H and O–H groups in total. The summed E-state index contributed by atoms with van der Waals surface area (Å²) in [7, 11) is -3.75. The van der Waals surface area contributed by atoms with Crippen molar-refractivity contribution in [3.63, 3.8) is 0 Å². The van der Waals surface area contributed by atoms with E-state index < -0.39 is 27.7 Å². The zero-order chi connectivity index (χ0) is 14.2. The number of hydrogen-bond donors (Lipinski definition) is 1. The van der Waals surface area contributed by atoms with Crippen molar-refractivity contribution < 1.29 is 22.7 Å². The Labute approximate surface area is 110 Å². The number of benzene rings is 1. The van der Waals surface area contributed by atoms with Gasteiger partial charge in [0.25, 0.3) is 0 Å². The predicted octanol–water partition coefficient (Wildman–Crippen LogP) is 1.17. The maximum Gasteiger partial charge on any atom is 0.308 e. The van der Waals surface area contributed by atoms with Gasteiger partial charge in [-0.05, 0) is 30.2 Å². The molecule has 0 amide bonds. The van der Waals surface area contributed by atoms with Crippen LogP contribution in [0.1, 0.15) is 6.92 Å². The third-order valence-electron chi connectivity index (χ3n) is 3.35. The van der Waals surface area contributed by atoms with Gasteiger partial charge in [-0.1, -0.05) is 6.92 Å². The summed E-state index contributed by atoms with van der Waals surface area (Å²) < 4.78 is 38.5. The quantitative estimate of drug-likeness (QED) is 0.905. The number of sulfonamides is 1. The average Bonchev–Trinajstić information content (AvgIpc) is 2.72. The maximum absolute atomic E-state index is 12.8. The number of rotatable bonds is 3. The van der Waals surface area contributed by atoms with Crippen LogP contribution in [0.25, 0.3) is 0 Å². The van der Waals surface area contributed by atoms with Gasteiger partial charge in [-0.3, -0.25) is 4.79 Å². The second kappa shape index (κ2) is 4.90. The van der Waals surface area contributed by atoms with Gasteiger partial charge in [-0.2, -0.15) is 4.31 Å². The largest absolute Gasteiger partial charge is 0.481 e. The Balaban J connectivity index is 2.27.